The number of H-pyrrole nitrogens is 1. The number of aromatic nitrogens is 2. The summed E-state index contributed by atoms with van der Waals surface area (Å²) >= 11 is 14.4. The second-order valence-electron chi connectivity index (χ2n) is 21.6. The van der Waals surface area contributed by atoms with E-state index in [1.54, 1.807) is 24.3 Å². The number of hydrogen-bond acceptors (Lipinski definition) is 19. The van der Waals surface area contributed by atoms with Crippen molar-refractivity contribution < 1.29 is 86.0 Å². The van der Waals surface area contributed by atoms with Crippen molar-refractivity contribution >= 4 is 73.8 Å². The van der Waals surface area contributed by atoms with Gasteiger partial charge in [0.2, 0.25) is 5.71 Å². The first-order chi connectivity index (χ1) is 41.4. The fourth-order valence-corrected chi connectivity index (χ4v) is 17.8. The van der Waals surface area contributed by atoms with Gasteiger partial charge in [0.15, 0.2) is 0 Å². The van der Waals surface area contributed by atoms with E-state index in [9.17, 15) is 52.6 Å². The maximum absolute atomic E-state index is 14.0. The van der Waals surface area contributed by atoms with Crippen molar-refractivity contribution in [1.29, 1.82) is 0 Å². The molecule has 4 atom stereocenters. The van der Waals surface area contributed by atoms with Crippen molar-refractivity contribution in [2.45, 2.75) is 95.4 Å². The van der Waals surface area contributed by atoms with Gasteiger partial charge in [0.25, 0.3) is 11.8 Å². The maximum Gasteiger partial charge on any atom is 0.337 e. The molecular formula is C56H58Cl2N6O19P3+. The molecule has 3 aromatic carbocycles. The van der Waals surface area contributed by atoms with Crippen molar-refractivity contribution in [3.8, 4) is 17.6 Å². The first-order valence-corrected chi connectivity index (χ1v) is 34.4. The quantitative estimate of drug-likeness (QED) is 0.0120. The zero-order valence-corrected chi connectivity index (χ0v) is 50.1. The molecule has 2 unspecified atom stereocenters. The molecule has 2 amide bonds. The van der Waals surface area contributed by atoms with Crippen molar-refractivity contribution in [2.75, 3.05) is 57.4 Å². The molecule has 0 spiro atoms. The van der Waals surface area contributed by atoms with E-state index >= 15 is 0 Å². The van der Waals surface area contributed by atoms with Crippen LogP contribution < -0.4 is 31.5 Å². The van der Waals surface area contributed by atoms with Crippen LogP contribution in [0.4, 0.5) is 5.69 Å². The van der Waals surface area contributed by atoms with Crippen LogP contribution in [-0.4, -0.2) is 112 Å². The molecule has 1 fully saturated rings. The van der Waals surface area contributed by atoms with Gasteiger partial charge in [-0.05, 0) is 79.5 Å². The molecule has 11 rings (SSSR count). The minimum atomic E-state index is -6.54. The van der Waals surface area contributed by atoms with Crippen LogP contribution >= 0.6 is 44.6 Å². The molecule has 7 aliphatic rings. The van der Waals surface area contributed by atoms with Crippen LogP contribution in [0.2, 0.25) is 10.0 Å². The van der Waals surface area contributed by atoms with Crippen LogP contribution in [0.3, 0.4) is 0 Å². The van der Waals surface area contributed by atoms with E-state index < -0.39 is 75.3 Å². The van der Waals surface area contributed by atoms with E-state index in [4.69, 9.17) is 47.2 Å². The van der Waals surface area contributed by atoms with Crippen molar-refractivity contribution in [2.24, 2.45) is 5.92 Å². The molecule has 0 bridgehead atoms. The van der Waals surface area contributed by atoms with Gasteiger partial charge >= 0.3 is 179 Å². The third-order valence-corrected chi connectivity index (χ3v) is 27.0. The number of allylic oxidation sites excluding steroid dienone is 3. The molecule has 30 heteroatoms. The summed E-state index contributed by atoms with van der Waals surface area (Å²) in [6.45, 7) is -3.42. The molecule has 7 heterocycles. The molecule has 454 valence electrons. The summed E-state index contributed by atoms with van der Waals surface area (Å²) in [5, 5.41) is 37.7. The predicted octanol–water partition coefficient (Wildman–Crippen LogP) is 8.62. The Morgan fingerprint density at radius 3 is 2.41 bits per heavy atom. The summed E-state index contributed by atoms with van der Waals surface area (Å²) in [6, 6.07) is 10.2. The number of aromatic carboxylic acids is 1. The molecule has 1 aromatic heterocycles. The summed E-state index contributed by atoms with van der Waals surface area (Å²) in [4.78, 5) is 70.6. The van der Waals surface area contributed by atoms with Gasteiger partial charge < -0.3 is 30.1 Å². The normalized spacial score (nSPS) is 20.6. The Morgan fingerprint density at radius 1 is 0.919 bits per heavy atom. The smallest absolute Gasteiger partial charge is 0.337 e. The molecule has 86 heavy (non-hydrogen) atoms. The largest absolute Gasteiger partial charge is 0.478 e. The Balaban J connectivity index is 0.697. The zero-order valence-electron chi connectivity index (χ0n) is 45.9. The molecular weight excluding hydrogens is 1220 g/mol. The Morgan fingerprint density at radius 2 is 1.67 bits per heavy atom. The van der Waals surface area contributed by atoms with Gasteiger partial charge in [-0.2, -0.15) is 0 Å². The van der Waals surface area contributed by atoms with Crippen LogP contribution in [0, 0.1) is 17.8 Å². The Bertz CT molecular complexity index is 3880. The van der Waals surface area contributed by atoms with Crippen LogP contribution in [0.15, 0.2) is 75.2 Å². The average Bonchev–Trinajstić information content (AvgIpc) is 3.99. The number of carboxylic acid groups (broad SMARTS) is 1. The van der Waals surface area contributed by atoms with Gasteiger partial charge in [0.05, 0.1) is 28.3 Å². The summed E-state index contributed by atoms with van der Waals surface area (Å²) in [7, 11) is -8.79. The fraction of sp³-hybridized carbons (Fsp3) is 0.429. The third-order valence-electron chi connectivity index (χ3n) is 16.6. The molecule has 1 saturated heterocycles. The van der Waals surface area contributed by atoms with Crippen LogP contribution in [0.1, 0.15) is 128 Å². The van der Waals surface area contributed by atoms with Gasteiger partial charge in [-0.25, -0.2) is 9.37 Å². The third kappa shape index (κ3) is 11.3. The topological polar surface area (TPSA) is 330 Å². The molecule has 6 N–H and O–H groups in total. The minimum absolute atomic E-state index is 0.0113. The zero-order chi connectivity index (χ0) is 60.6. The standard InChI is InChI=1S/C56H57Cl2N6O19P3/c57-42-27-41(47(58)46(55(68)69)45(42)44-39-25-33-8-3-19-62-21-5-10-37(48(33)62)50(39)80-51-38-11-6-22-63-20-4-9-34(49(38)63)26-40(44)51)54(67)60-28-31-12-14-32(15-13-31)52(65)59-18-24-77-23-2-1-7-35-29-64(56(70)61-53(35)66)43-17-16-36(79-43)30-78-86(82-72,83-81-71,84(73)74)85(75)76/h12-15,25-27,29,36,39,43-44H,3-11,16-24,28,30H2,(H5-,59,60,61,65,66,67,68,69,70,71,72)/p+1/t36-,39?,43+,44?/m0/s1. The van der Waals surface area contributed by atoms with Crippen LogP contribution in [0.25, 0.3) is 0 Å². The summed E-state index contributed by atoms with van der Waals surface area (Å²) in [6.07, 6.45) is 8.79. The SMILES string of the molecule is O=C(NCCOCC#CCc1cn([C@H]2CC[C@@H](COP(OO)(OOO)(P(=O)=O)P(=O)=O)O2)c(=O)[nH]c1=O)c1ccc(CNC(=O)c2cc(Cl)c(C3c4cc5c6c(c4OC4=C7CCC[N+]8=C7C(=CC43)CCC8)CCCN6CCC5)c(C(=O)O)c2Cl)cc1. The van der Waals surface area contributed by atoms with Gasteiger partial charge in [-0.15, -0.1) is 0 Å². The number of benzene rings is 3. The Hall–Kier alpha value is -6.45. The number of carboxylic acids is 1. The molecule has 0 radical (unpaired) electrons. The summed E-state index contributed by atoms with van der Waals surface area (Å²) < 4.78 is 82.0. The van der Waals surface area contributed by atoms with E-state index in [1.807, 2.05) is 0 Å². The number of amides is 2. The molecule has 4 aromatic rings. The van der Waals surface area contributed by atoms with Crippen molar-refractivity contribution in [1.82, 2.24) is 20.2 Å². The maximum atomic E-state index is 14.0. The Labute approximate surface area is 500 Å². The van der Waals surface area contributed by atoms with E-state index in [1.165, 1.54) is 40.4 Å². The van der Waals surface area contributed by atoms with Gasteiger partial charge in [0, 0.05) is 83.8 Å². The molecule has 25 nitrogen and oxygen atoms in total. The summed E-state index contributed by atoms with van der Waals surface area (Å²) in [5.74, 6) is 3.85. The number of carbonyl (C=O) groups is 3. The van der Waals surface area contributed by atoms with Gasteiger partial charge in [0.1, 0.15) is 24.6 Å². The first-order valence-electron chi connectivity index (χ1n) is 27.9. The second-order valence-corrected chi connectivity index (χ2v) is 32.6. The number of nitrogens with zero attached hydrogens (tertiary/aromatic N) is 3. The predicted molar refractivity (Wildman–Crippen MR) is 308 cm³/mol. The molecule has 0 saturated carbocycles. The Kier molecular flexibility index (Phi) is 18.0. The number of anilines is 1. The number of aromatic amines is 1. The number of nitrogens with one attached hydrogen (secondary N) is 3. The van der Waals surface area contributed by atoms with E-state index in [2.05, 4.69) is 63.5 Å². The number of ether oxygens (including phenoxy) is 3. The fourth-order valence-electron chi connectivity index (χ4n) is 12.7. The minimum Gasteiger partial charge on any atom is -0.478 e. The number of halogens is 2. The van der Waals surface area contributed by atoms with E-state index in [0.717, 1.165) is 105 Å². The van der Waals surface area contributed by atoms with Crippen LogP contribution in [-0.2, 0) is 72.5 Å². The van der Waals surface area contributed by atoms with Crippen molar-refractivity contribution in [3.05, 3.63) is 147 Å². The second kappa shape index (κ2) is 25.3. The van der Waals surface area contributed by atoms with E-state index in [-0.39, 0.29) is 78.2 Å². The monoisotopic (exact) mass is 1280 g/mol. The van der Waals surface area contributed by atoms with Crippen molar-refractivity contribution in [3.63, 3.8) is 0 Å². The van der Waals surface area contributed by atoms with Gasteiger partial charge in [-0.3, -0.25) is 9.59 Å². The summed E-state index contributed by atoms with van der Waals surface area (Å²) in [5.41, 5.74) is 7.61. The molecule has 6 aliphatic heterocycles. The van der Waals surface area contributed by atoms with Gasteiger partial charge in [-0.1, -0.05) is 41.4 Å². The first kappa shape index (κ1) is 61.2. The van der Waals surface area contributed by atoms with Crippen LogP contribution in [0.5, 0.6) is 5.75 Å². The number of aryl methyl sites for hydroxylation is 1. The number of carbonyl (C=O) groups excluding carboxylic acids is 2. The average molecular weight is 1280 g/mol. The number of rotatable bonds is 20. The van der Waals surface area contributed by atoms with E-state index in [0.29, 0.717) is 16.7 Å². The molecule has 1 aliphatic carbocycles. The number of hydrogen-bond donors (Lipinski definition) is 6. The number of fused-ring (bicyclic) bond motifs is 3.